The van der Waals surface area contributed by atoms with Crippen molar-refractivity contribution in [1.82, 2.24) is 24.9 Å². The zero-order valence-electron chi connectivity index (χ0n) is 16.5. The fourth-order valence-electron chi connectivity index (χ4n) is 2.88. The molecule has 8 nitrogen and oxygen atoms in total. The molecule has 3 rings (SSSR count). The van der Waals surface area contributed by atoms with Crippen molar-refractivity contribution < 1.29 is 14.3 Å². The van der Waals surface area contributed by atoms with Crippen LogP contribution in [0.4, 0.5) is 0 Å². The molecule has 148 valence electrons. The molecule has 0 aliphatic heterocycles. The van der Waals surface area contributed by atoms with Gasteiger partial charge in [-0.05, 0) is 45.0 Å². The van der Waals surface area contributed by atoms with Crippen molar-refractivity contribution in [2.45, 2.75) is 32.0 Å². The lowest BCUT2D eigenvalue weighted by Crippen LogP contribution is -2.28. The Bertz CT molecular complexity index is 1000. The second-order valence-corrected chi connectivity index (χ2v) is 7.27. The maximum atomic E-state index is 12.4. The van der Waals surface area contributed by atoms with Crippen LogP contribution in [-0.2, 0) is 4.79 Å². The molecule has 0 aliphatic rings. The van der Waals surface area contributed by atoms with E-state index in [4.69, 9.17) is 9.47 Å². The normalized spacial score (nSPS) is 12.0. The lowest BCUT2D eigenvalue weighted by Gasteiger charge is -2.18. The third-order valence-corrected chi connectivity index (χ3v) is 5.05. The highest BCUT2D eigenvalue weighted by molar-refractivity contribution is 7.99. The minimum Gasteiger partial charge on any atom is -0.497 e. The number of hydrogen-bond donors (Lipinski definition) is 1. The predicted molar refractivity (Wildman–Crippen MR) is 107 cm³/mol. The van der Waals surface area contributed by atoms with Crippen molar-refractivity contribution >= 4 is 23.4 Å². The number of methoxy groups -OCH3 is 2. The number of hydrogen-bond acceptors (Lipinski definition) is 7. The Morgan fingerprint density at radius 1 is 1.21 bits per heavy atom. The highest BCUT2D eigenvalue weighted by Gasteiger charge is 2.16. The van der Waals surface area contributed by atoms with E-state index in [1.54, 1.807) is 18.7 Å². The van der Waals surface area contributed by atoms with Crippen molar-refractivity contribution in [1.29, 1.82) is 0 Å². The second-order valence-electron chi connectivity index (χ2n) is 6.33. The number of carbonyl (C=O) groups excluding carboxylic acids is 1. The molecule has 0 saturated carbocycles. The second kappa shape index (κ2) is 8.47. The minimum absolute atomic E-state index is 0.123. The Kier molecular flexibility index (Phi) is 6.03. The van der Waals surface area contributed by atoms with Gasteiger partial charge in [0.15, 0.2) is 0 Å². The van der Waals surface area contributed by atoms with Gasteiger partial charge in [-0.1, -0.05) is 11.8 Å². The Morgan fingerprint density at radius 3 is 2.71 bits per heavy atom. The Morgan fingerprint density at radius 2 is 2.00 bits per heavy atom. The first-order chi connectivity index (χ1) is 13.4. The molecule has 0 saturated heterocycles. The van der Waals surface area contributed by atoms with Gasteiger partial charge in [0.05, 0.1) is 26.0 Å². The van der Waals surface area contributed by atoms with Crippen LogP contribution in [0.25, 0.3) is 5.78 Å². The molecule has 0 aliphatic carbocycles. The third-order valence-electron chi connectivity index (χ3n) is 4.21. The van der Waals surface area contributed by atoms with Crippen LogP contribution in [0.5, 0.6) is 11.5 Å². The van der Waals surface area contributed by atoms with E-state index < -0.39 is 0 Å². The smallest absolute Gasteiger partial charge is 0.253 e. The molecule has 1 atom stereocenters. The van der Waals surface area contributed by atoms with Crippen LogP contribution < -0.4 is 14.8 Å². The Hall–Kier alpha value is -2.81. The monoisotopic (exact) mass is 401 g/mol. The summed E-state index contributed by atoms with van der Waals surface area (Å²) in [5.74, 6) is 2.02. The van der Waals surface area contributed by atoms with Crippen LogP contribution in [0.2, 0.25) is 0 Å². The molecule has 9 heteroatoms. The van der Waals surface area contributed by atoms with E-state index in [-0.39, 0.29) is 17.7 Å². The van der Waals surface area contributed by atoms with Crippen LogP contribution in [0.15, 0.2) is 29.4 Å². The van der Waals surface area contributed by atoms with Gasteiger partial charge in [-0.25, -0.2) is 9.50 Å². The van der Waals surface area contributed by atoms with E-state index in [1.165, 1.54) is 11.8 Å². The van der Waals surface area contributed by atoms with Gasteiger partial charge in [0, 0.05) is 17.0 Å². The molecular formula is C19H23N5O3S. The highest BCUT2D eigenvalue weighted by atomic mass is 32.2. The summed E-state index contributed by atoms with van der Waals surface area (Å²) in [6.45, 7) is 5.76. The van der Waals surface area contributed by atoms with E-state index in [1.807, 2.05) is 45.0 Å². The lowest BCUT2D eigenvalue weighted by molar-refractivity contribution is -0.119. The topological polar surface area (TPSA) is 90.6 Å². The number of nitrogens with one attached hydrogen (secondary N) is 1. The summed E-state index contributed by atoms with van der Waals surface area (Å²) in [5, 5.41) is 7.89. The maximum absolute atomic E-state index is 12.4. The molecule has 1 amide bonds. The van der Waals surface area contributed by atoms with Gasteiger partial charge in [0.1, 0.15) is 11.5 Å². The number of amides is 1. The summed E-state index contributed by atoms with van der Waals surface area (Å²) in [6, 6.07) is 7.20. The van der Waals surface area contributed by atoms with Gasteiger partial charge < -0.3 is 14.8 Å². The molecule has 0 spiro atoms. The Balaban J connectivity index is 1.65. The first kappa shape index (κ1) is 19.9. The predicted octanol–water partition coefficient (Wildman–Crippen LogP) is 2.73. The molecule has 2 heterocycles. The number of fused-ring (bicyclic) bond motifs is 1. The summed E-state index contributed by atoms with van der Waals surface area (Å²) in [4.78, 5) is 21.1. The van der Waals surface area contributed by atoms with E-state index in [2.05, 4.69) is 20.4 Å². The number of rotatable bonds is 7. The number of benzene rings is 1. The molecular weight excluding hydrogens is 378 g/mol. The quantitative estimate of drug-likeness (QED) is 0.609. The van der Waals surface area contributed by atoms with Crippen LogP contribution in [-0.4, -0.2) is 45.5 Å². The highest BCUT2D eigenvalue weighted by Crippen LogP contribution is 2.29. The minimum atomic E-state index is -0.237. The number of ether oxygens (including phenoxy) is 2. The molecule has 0 unspecified atom stereocenters. The molecule has 28 heavy (non-hydrogen) atoms. The van der Waals surface area contributed by atoms with Gasteiger partial charge >= 0.3 is 0 Å². The van der Waals surface area contributed by atoms with Gasteiger partial charge in [0.2, 0.25) is 11.1 Å². The van der Waals surface area contributed by atoms with Crippen molar-refractivity contribution in [3.8, 4) is 11.5 Å². The molecule has 2 aromatic heterocycles. The lowest BCUT2D eigenvalue weighted by atomic mass is 10.1. The first-order valence-electron chi connectivity index (χ1n) is 8.76. The number of nitrogens with zero attached hydrogens (tertiary/aromatic N) is 4. The standard InChI is InChI=1S/C19H23N5O3S/c1-11-8-12(2)24-18(20-11)22-19(23-24)28-10-17(25)21-13(3)15-9-14(26-4)6-7-16(15)27-5/h6-9,13H,10H2,1-5H3,(H,21,25)/t13-/m0/s1. The van der Waals surface area contributed by atoms with Gasteiger partial charge in [-0.15, -0.1) is 5.10 Å². The number of thioether (sulfide) groups is 1. The largest absolute Gasteiger partial charge is 0.497 e. The zero-order valence-corrected chi connectivity index (χ0v) is 17.3. The van der Waals surface area contributed by atoms with Gasteiger partial charge in [-0.3, -0.25) is 4.79 Å². The Labute approximate surface area is 167 Å². The summed E-state index contributed by atoms with van der Waals surface area (Å²) >= 11 is 1.27. The zero-order chi connectivity index (χ0) is 20.3. The van der Waals surface area contributed by atoms with E-state index in [0.29, 0.717) is 22.4 Å². The summed E-state index contributed by atoms with van der Waals surface area (Å²) in [6.07, 6.45) is 0. The van der Waals surface area contributed by atoms with Crippen molar-refractivity contribution in [3.05, 3.63) is 41.2 Å². The van der Waals surface area contributed by atoms with Gasteiger partial charge in [-0.2, -0.15) is 4.98 Å². The molecule has 0 fully saturated rings. The average molecular weight is 401 g/mol. The number of aromatic nitrogens is 4. The van der Waals surface area contributed by atoms with Crippen LogP contribution >= 0.6 is 11.8 Å². The molecule has 1 N–H and O–H groups in total. The molecule has 0 radical (unpaired) electrons. The van der Waals surface area contributed by atoms with Crippen molar-refractivity contribution in [2.24, 2.45) is 0 Å². The van der Waals surface area contributed by atoms with Crippen molar-refractivity contribution in [2.75, 3.05) is 20.0 Å². The fourth-order valence-corrected chi connectivity index (χ4v) is 3.51. The summed E-state index contributed by atoms with van der Waals surface area (Å²) in [5.41, 5.74) is 2.68. The molecule has 0 bridgehead atoms. The number of carbonyl (C=O) groups is 1. The van der Waals surface area contributed by atoms with E-state index in [0.717, 1.165) is 17.0 Å². The van der Waals surface area contributed by atoms with E-state index in [9.17, 15) is 4.79 Å². The van der Waals surface area contributed by atoms with Crippen LogP contribution in [0.3, 0.4) is 0 Å². The molecule has 3 aromatic rings. The number of aryl methyl sites for hydroxylation is 2. The summed E-state index contributed by atoms with van der Waals surface area (Å²) in [7, 11) is 3.20. The average Bonchev–Trinajstić information content (AvgIpc) is 3.09. The maximum Gasteiger partial charge on any atom is 0.253 e. The van der Waals surface area contributed by atoms with E-state index >= 15 is 0 Å². The van der Waals surface area contributed by atoms with Crippen molar-refractivity contribution in [3.63, 3.8) is 0 Å². The van der Waals surface area contributed by atoms with Crippen LogP contribution in [0.1, 0.15) is 29.9 Å². The SMILES string of the molecule is COc1ccc(OC)c([C@H](C)NC(=O)CSc2nc3nc(C)cc(C)n3n2)c1. The van der Waals surface area contributed by atoms with Gasteiger partial charge in [0.25, 0.3) is 5.78 Å². The fraction of sp³-hybridized carbons (Fsp3) is 0.368. The first-order valence-corrected chi connectivity index (χ1v) is 9.75. The third kappa shape index (κ3) is 4.36. The van der Waals surface area contributed by atoms with Crippen LogP contribution in [0, 0.1) is 13.8 Å². The molecule has 1 aromatic carbocycles. The summed E-state index contributed by atoms with van der Waals surface area (Å²) < 4.78 is 12.3.